The molecule has 0 aliphatic rings. The van der Waals surface area contributed by atoms with E-state index in [1.807, 2.05) is 6.26 Å². The molecule has 0 fully saturated rings. The Kier molecular flexibility index (Phi) is 4.00. The molecule has 0 saturated heterocycles. The second-order valence-corrected chi connectivity index (χ2v) is 3.72. The number of aromatic hydroxyl groups is 1. The van der Waals surface area contributed by atoms with E-state index in [-0.39, 0.29) is 11.4 Å². The summed E-state index contributed by atoms with van der Waals surface area (Å²) in [6.45, 7) is 2.73. The van der Waals surface area contributed by atoms with Gasteiger partial charge in [0.05, 0.1) is 6.07 Å². The summed E-state index contributed by atoms with van der Waals surface area (Å²) in [5.74, 6) is -0.202. The zero-order chi connectivity index (χ0) is 10.6. The van der Waals surface area contributed by atoms with Crippen molar-refractivity contribution in [3.05, 3.63) is 16.4 Å². The van der Waals surface area contributed by atoms with Crippen LogP contribution in [-0.2, 0) is 6.54 Å². The Labute approximate surface area is 87.0 Å². The van der Waals surface area contributed by atoms with E-state index < -0.39 is 0 Å². The Hall–Kier alpha value is -0.970. The third-order valence-electron chi connectivity index (χ3n) is 1.88. The van der Waals surface area contributed by atoms with Crippen molar-refractivity contribution in [3.8, 4) is 5.88 Å². The maximum absolute atomic E-state index is 11.5. The number of hydrogen-bond donors (Lipinski definition) is 1. The summed E-state index contributed by atoms with van der Waals surface area (Å²) in [6.07, 6.45) is 3.81. The molecule has 4 nitrogen and oxygen atoms in total. The normalized spacial score (nSPS) is 10.4. The maximum atomic E-state index is 11.5. The van der Waals surface area contributed by atoms with E-state index in [1.54, 1.807) is 4.57 Å². The van der Waals surface area contributed by atoms with Crippen LogP contribution >= 0.6 is 11.8 Å². The Bertz CT molecular complexity index is 362. The van der Waals surface area contributed by atoms with E-state index in [9.17, 15) is 4.79 Å². The molecular formula is C9H14N2O2S. The second-order valence-electron chi connectivity index (χ2n) is 2.94. The van der Waals surface area contributed by atoms with Crippen molar-refractivity contribution in [2.75, 3.05) is 6.26 Å². The monoisotopic (exact) mass is 214 g/mol. The summed E-state index contributed by atoms with van der Waals surface area (Å²) in [5.41, 5.74) is -0.185. The van der Waals surface area contributed by atoms with Crippen LogP contribution in [0, 0.1) is 0 Å². The van der Waals surface area contributed by atoms with E-state index in [4.69, 9.17) is 5.11 Å². The lowest BCUT2D eigenvalue weighted by molar-refractivity contribution is 0.429. The summed E-state index contributed by atoms with van der Waals surface area (Å²) in [4.78, 5) is 15.4. The van der Waals surface area contributed by atoms with Crippen LogP contribution in [0.2, 0.25) is 0 Å². The minimum absolute atomic E-state index is 0.185. The van der Waals surface area contributed by atoms with Gasteiger partial charge in [-0.25, -0.2) is 0 Å². The van der Waals surface area contributed by atoms with Crippen LogP contribution in [0.3, 0.4) is 0 Å². The summed E-state index contributed by atoms with van der Waals surface area (Å²) >= 11 is 1.37. The molecule has 0 atom stereocenters. The van der Waals surface area contributed by atoms with Crippen molar-refractivity contribution in [2.45, 2.75) is 31.5 Å². The van der Waals surface area contributed by atoms with Crippen LogP contribution in [0.4, 0.5) is 0 Å². The molecule has 1 heterocycles. The van der Waals surface area contributed by atoms with Crippen LogP contribution in [0.25, 0.3) is 0 Å². The van der Waals surface area contributed by atoms with Crippen LogP contribution in [0.15, 0.2) is 16.0 Å². The largest absolute Gasteiger partial charge is 0.493 e. The fraction of sp³-hybridized carbons (Fsp3) is 0.556. The van der Waals surface area contributed by atoms with Crippen molar-refractivity contribution in [1.82, 2.24) is 9.55 Å². The minimum Gasteiger partial charge on any atom is -0.493 e. The molecule has 0 amide bonds. The highest BCUT2D eigenvalue weighted by molar-refractivity contribution is 7.98. The molecule has 0 aliphatic carbocycles. The lowest BCUT2D eigenvalue weighted by Gasteiger charge is -2.08. The van der Waals surface area contributed by atoms with Gasteiger partial charge in [-0.3, -0.25) is 9.36 Å². The van der Waals surface area contributed by atoms with Crippen molar-refractivity contribution >= 4 is 11.8 Å². The summed E-state index contributed by atoms with van der Waals surface area (Å²) < 4.78 is 1.59. The van der Waals surface area contributed by atoms with E-state index in [0.29, 0.717) is 11.7 Å². The first-order valence-corrected chi connectivity index (χ1v) is 5.76. The highest BCUT2D eigenvalue weighted by atomic mass is 32.2. The average Bonchev–Trinajstić information content (AvgIpc) is 2.15. The molecule has 0 spiro atoms. The standard InChI is InChI=1S/C9H14N2O2S/c1-3-4-5-11-8(13)6-7(12)10-9(11)14-2/h6,12H,3-5H2,1-2H3. The molecule has 0 aromatic carbocycles. The third kappa shape index (κ3) is 2.51. The topological polar surface area (TPSA) is 55.1 Å². The lowest BCUT2D eigenvalue weighted by Crippen LogP contribution is -2.21. The zero-order valence-electron chi connectivity index (χ0n) is 8.36. The summed E-state index contributed by atoms with van der Waals surface area (Å²) in [5, 5.41) is 9.71. The van der Waals surface area contributed by atoms with Crippen molar-refractivity contribution in [3.63, 3.8) is 0 Å². The van der Waals surface area contributed by atoms with Gasteiger partial charge in [-0.2, -0.15) is 4.98 Å². The third-order valence-corrected chi connectivity index (χ3v) is 2.55. The van der Waals surface area contributed by atoms with Crippen molar-refractivity contribution in [1.29, 1.82) is 0 Å². The van der Waals surface area contributed by atoms with Gasteiger partial charge in [0, 0.05) is 6.54 Å². The van der Waals surface area contributed by atoms with Crippen LogP contribution < -0.4 is 5.56 Å². The van der Waals surface area contributed by atoms with Gasteiger partial charge >= 0.3 is 0 Å². The van der Waals surface area contributed by atoms with Gasteiger partial charge in [-0.05, 0) is 12.7 Å². The molecule has 5 heteroatoms. The average molecular weight is 214 g/mol. The first kappa shape index (κ1) is 11.1. The van der Waals surface area contributed by atoms with Crippen LogP contribution in [0.5, 0.6) is 5.88 Å². The molecule has 0 bridgehead atoms. The molecule has 1 rings (SSSR count). The Morgan fingerprint density at radius 2 is 2.36 bits per heavy atom. The van der Waals surface area contributed by atoms with Gasteiger partial charge in [0.15, 0.2) is 5.16 Å². The van der Waals surface area contributed by atoms with E-state index in [0.717, 1.165) is 18.9 Å². The molecule has 78 valence electrons. The fourth-order valence-electron chi connectivity index (χ4n) is 1.15. The number of nitrogens with zero attached hydrogens (tertiary/aromatic N) is 2. The van der Waals surface area contributed by atoms with Gasteiger partial charge in [0.1, 0.15) is 0 Å². The van der Waals surface area contributed by atoms with E-state index in [2.05, 4.69) is 11.9 Å². The van der Waals surface area contributed by atoms with Crippen molar-refractivity contribution < 1.29 is 5.11 Å². The number of hydrogen-bond acceptors (Lipinski definition) is 4. The number of unbranched alkanes of at least 4 members (excludes halogenated alkanes) is 1. The summed E-state index contributed by atoms with van der Waals surface area (Å²) in [7, 11) is 0. The Morgan fingerprint density at radius 3 is 2.93 bits per heavy atom. The smallest absolute Gasteiger partial charge is 0.257 e. The number of rotatable bonds is 4. The highest BCUT2D eigenvalue weighted by Gasteiger charge is 2.06. The summed E-state index contributed by atoms with van der Waals surface area (Å²) in [6, 6.07) is 1.15. The number of aromatic nitrogens is 2. The van der Waals surface area contributed by atoms with Crippen LogP contribution in [0.1, 0.15) is 19.8 Å². The molecule has 0 unspecified atom stereocenters. The fourth-order valence-corrected chi connectivity index (χ4v) is 1.74. The molecular weight excluding hydrogens is 200 g/mol. The number of thioether (sulfide) groups is 1. The molecule has 1 N–H and O–H groups in total. The van der Waals surface area contributed by atoms with Crippen molar-refractivity contribution in [2.24, 2.45) is 0 Å². The van der Waals surface area contributed by atoms with Gasteiger partial charge in [0.25, 0.3) is 5.56 Å². The molecule has 0 radical (unpaired) electrons. The predicted octanol–water partition coefficient (Wildman–Crippen LogP) is 1.47. The minimum atomic E-state index is -0.202. The Morgan fingerprint density at radius 1 is 1.64 bits per heavy atom. The zero-order valence-corrected chi connectivity index (χ0v) is 9.17. The molecule has 14 heavy (non-hydrogen) atoms. The first-order chi connectivity index (χ1) is 6.69. The van der Waals surface area contributed by atoms with Gasteiger partial charge < -0.3 is 5.11 Å². The molecule has 1 aromatic rings. The molecule has 1 aromatic heterocycles. The Balaban J connectivity index is 3.06. The van der Waals surface area contributed by atoms with Gasteiger partial charge in [-0.1, -0.05) is 25.1 Å². The molecule has 0 aliphatic heterocycles. The second kappa shape index (κ2) is 5.05. The van der Waals surface area contributed by atoms with Gasteiger partial charge in [-0.15, -0.1) is 0 Å². The van der Waals surface area contributed by atoms with Crippen LogP contribution in [-0.4, -0.2) is 20.9 Å². The predicted molar refractivity (Wildman–Crippen MR) is 56.9 cm³/mol. The maximum Gasteiger partial charge on any atom is 0.257 e. The highest BCUT2D eigenvalue weighted by Crippen LogP contribution is 2.13. The van der Waals surface area contributed by atoms with Gasteiger partial charge in [0.2, 0.25) is 5.88 Å². The SMILES string of the molecule is CCCCn1c(SC)nc(O)cc1=O. The lowest BCUT2D eigenvalue weighted by atomic mass is 10.3. The van der Waals surface area contributed by atoms with E-state index >= 15 is 0 Å². The molecule has 0 saturated carbocycles. The van der Waals surface area contributed by atoms with E-state index in [1.165, 1.54) is 11.8 Å². The quantitative estimate of drug-likeness (QED) is 0.609. The first-order valence-electron chi connectivity index (χ1n) is 4.54.